The molecule has 3 N–H and O–H groups in total. The van der Waals surface area contributed by atoms with E-state index in [-0.39, 0.29) is 6.10 Å². The number of H-pyrrole nitrogens is 1. The van der Waals surface area contributed by atoms with E-state index < -0.39 is 11.8 Å². The molecule has 24 heavy (non-hydrogen) atoms. The molecule has 8 heteroatoms. The molecule has 1 aromatic heterocycles. The maximum absolute atomic E-state index is 12.1. The third-order valence-electron chi connectivity index (χ3n) is 2.97. The van der Waals surface area contributed by atoms with Crippen LogP contribution in [-0.2, 0) is 0 Å². The first-order valence-corrected chi connectivity index (χ1v) is 7.99. The van der Waals surface area contributed by atoms with Crippen LogP contribution in [0, 0.1) is 0 Å². The van der Waals surface area contributed by atoms with Crippen LogP contribution in [0.4, 0.5) is 0 Å². The molecule has 0 spiro atoms. The summed E-state index contributed by atoms with van der Waals surface area (Å²) in [5.41, 5.74) is 5.33. The fourth-order valence-electron chi connectivity index (χ4n) is 1.91. The van der Waals surface area contributed by atoms with Gasteiger partial charge < -0.3 is 14.5 Å². The predicted molar refractivity (Wildman–Crippen MR) is 92.2 cm³/mol. The summed E-state index contributed by atoms with van der Waals surface area (Å²) in [6.07, 6.45) is 1.60. The summed E-state index contributed by atoms with van der Waals surface area (Å²) in [7, 11) is 1.50. The Labute approximate surface area is 147 Å². The molecule has 0 atom stereocenters. The number of hydrogen-bond acceptors (Lipinski definition) is 4. The van der Waals surface area contributed by atoms with Crippen molar-refractivity contribution in [1.29, 1.82) is 0 Å². The lowest BCUT2D eigenvalue weighted by molar-refractivity contribution is 0.0844. The molecule has 0 unspecified atom stereocenters. The van der Waals surface area contributed by atoms with E-state index in [1.54, 1.807) is 30.5 Å². The first-order valence-electron chi connectivity index (χ1n) is 7.20. The second kappa shape index (κ2) is 7.87. The lowest BCUT2D eigenvalue weighted by Gasteiger charge is -2.14. The van der Waals surface area contributed by atoms with Gasteiger partial charge in [-0.2, -0.15) is 0 Å². The molecule has 0 saturated carbocycles. The molecule has 0 aliphatic heterocycles. The molecular formula is C16H18BrN3O4. The molecule has 0 aliphatic rings. The molecule has 0 radical (unpaired) electrons. The highest BCUT2D eigenvalue weighted by Gasteiger charge is 2.14. The average Bonchev–Trinajstić information content (AvgIpc) is 2.98. The minimum Gasteiger partial charge on any atom is -0.493 e. The largest absolute Gasteiger partial charge is 0.493 e. The minimum absolute atomic E-state index is 0.0158. The van der Waals surface area contributed by atoms with E-state index in [4.69, 9.17) is 9.47 Å². The summed E-state index contributed by atoms with van der Waals surface area (Å²) >= 11 is 3.23. The van der Waals surface area contributed by atoms with Gasteiger partial charge in [0.15, 0.2) is 11.5 Å². The lowest BCUT2D eigenvalue weighted by atomic mass is 10.2. The van der Waals surface area contributed by atoms with Crippen molar-refractivity contribution in [1.82, 2.24) is 15.8 Å². The third-order valence-corrected chi connectivity index (χ3v) is 3.43. The number of carbonyl (C=O) groups excluding carboxylic acids is 2. The summed E-state index contributed by atoms with van der Waals surface area (Å²) in [4.78, 5) is 26.8. The van der Waals surface area contributed by atoms with Crippen LogP contribution in [0.2, 0.25) is 0 Å². The SMILES string of the molecule is COc1cc(C(=O)NNC(=O)c2cc(Br)c[nH]2)ccc1OC(C)C. The Morgan fingerprint density at radius 2 is 1.83 bits per heavy atom. The zero-order valence-corrected chi connectivity index (χ0v) is 15.1. The van der Waals surface area contributed by atoms with Crippen molar-refractivity contribution < 1.29 is 19.1 Å². The molecule has 2 amide bonds. The number of aromatic nitrogens is 1. The van der Waals surface area contributed by atoms with E-state index in [1.807, 2.05) is 13.8 Å². The van der Waals surface area contributed by atoms with Crippen molar-refractivity contribution in [3.8, 4) is 11.5 Å². The van der Waals surface area contributed by atoms with Crippen molar-refractivity contribution in [3.63, 3.8) is 0 Å². The first-order chi connectivity index (χ1) is 11.4. The Hall–Kier alpha value is -2.48. The number of amides is 2. The van der Waals surface area contributed by atoms with Crippen LogP contribution in [0.1, 0.15) is 34.7 Å². The number of hydrogen-bond donors (Lipinski definition) is 3. The van der Waals surface area contributed by atoms with Crippen LogP contribution in [0.15, 0.2) is 34.9 Å². The zero-order valence-electron chi connectivity index (χ0n) is 13.5. The van der Waals surface area contributed by atoms with E-state index in [0.29, 0.717) is 22.8 Å². The number of rotatable bonds is 5. The Balaban J connectivity index is 2.03. The number of methoxy groups -OCH3 is 1. The van der Waals surface area contributed by atoms with Gasteiger partial charge >= 0.3 is 0 Å². The summed E-state index contributed by atoms with van der Waals surface area (Å²) in [5.74, 6) is 0.0597. The van der Waals surface area contributed by atoms with Crippen LogP contribution in [0.5, 0.6) is 11.5 Å². The van der Waals surface area contributed by atoms with Gasteiger partial charge in [-0.15, -0.1) is 0 Å². The number of benzene rings is 1. The van der Waals surface area contributed by atoms with Gasteiger partial charge in [0.25, 0.3) is 11.8 Å². The number of carbonyl (C=O) groups is 2. The van der Waals surface area contributed by atoms with Crippen LogP contribution < -0.4 is 20.3 Å². The monoisotopic (exact) mass is 395 g/mol. The van der Waals surface area contributed by atoms with Crippen molar-refractivity contribution in [2.45, 2.75) is 20.0 Å². The first kappa shape index (κ1) is 17.9. The average molecular weight is 396 g/mol. The molecule has 1 heterocycles. The van der Waals surface area contributed by atoms with E-state index in [9.17, 15) is 9.59 Å². The van der Waals surface area contributed by atoms with Crippen molar-refractivity contribution in [2.75, 3.05) is 7.11 Å². The molecular weight excluding hydrogens is 378 g/mol. The van der Waals surface area contributed by atoms with Gasteiger partial charge in [-0.25, -0.2) is 0 Å². The van der Waals surface area contributed by atoms with Gasteiger partial charge in [0.2, 0.25) is 0 Å². The third kappa shape index (κ3) is 4.51. The Bertz CT molecular complexity index is 743. The van der Waals surface area contributed by atoms with Crippen molar-refractivity contribution in [2.24, 2.45) is 0 Å². The van der Waals surface area contributed by atoms with E-state index in [1.165, 1.54) is 7.11 Å². The molecule has 0 aliphatic carbocycles. The zero-order chi connectivity index (χ0) is 17.7. The van der Waals surface area contributed by atoms with Gasteiger partial charge in [0, 0.05) is 16.2 Å². The maximum Gasteiger partial charge on any atom is 0.286 e. The Kier molecular flexibility index (Phi) is 5.86. The smallest absolute Gasteiger partial charge is 0.286 e. The quantitative estimate of drug-likeness (QED) is 0.678. The summed E-state index contributed by atoms with van der Waals surface area (Å²) < 4.78 is 11.6. The molecule has 0 fully saturated rings. The number of ether oxygens (including phenoxy) is 2. The molecule has 128 valence electrons. The number of nitrogens with one attached hydrogen (secondary N) is 3. The van der Waals surface area contributed by atoms with Crippen molar-refractivity contribution >= 4 is 27.7 Å². The second-order valence-electron chi connectivity index (χ2n) is 5.17. The van der Waals surface area contributed by atoms with Gasteiger partial charge in [-0.05, 0) is 54.0 Å². The number of hydrazine groups is 1. The van der Waals surface area contributed by atoms with E-state index >= 15 is 0 Å². The van der Waals surface area contributed by atoms with E-state index in [2.05, 4.69) is 31.8 Å². The highest BCUT2D eigenvalue weighted by atomic mass is 79.9. The van der Waals surface area contributed by atoms with Crippen LogP contribution in [0.25, 0.3) is 0 Å². The van der Waals surface area contributed by atoms with Gasteiger partial charge in [-0.3, -0.25) is 20.4 Å². The molecule has 7 nitrogen and oxygen atoms in total. The topological polar surface area (TPSA) is 92.5 Å². The van der Waals surface area contributed by atoms with E-state index in [0.717, 1.165) is 4.47 Å². The molecule has 0 saturated heterocycles. The van der Waals surface area contributed by atoms with Gasteiger partial charge in [0.1, 0.15) is 5.69 Å². The normalized spacial score (nSPS) is 10.4. The molecule has 2 rings (SSSR count). The maximum atomic E-state index is 12.1. The molecule has 1 aromatic carbocycles. The minimum atomic E-state index is -0.469. The van der Waals surface area contributed by atoms with Crippen LogP contribution in [-0.4, -0.2) is 30.0 Å². The second-order valence-corrected chi connectivity index (χ2v) is 6.09. The van der Waals surface area contributed by atoms with Crippen LogP contribution in [0.3, 0.4) is 0 Å². The predicted octanol–water partition coefficient (Wildman–Crippen LogP) is 2.65. The van der Waals surface area contributed by atoms with Gasteiger partial charge in [0.05, 0.1) is 13.2 Å². The van der Waals surface area contributed by atoms with Crippen molar-refractivity contribution in [3.05, 3.63) is 46.2 Å². The van der Waals surface area contributed by atoms with Crippen LogP contribution >= 0.6 is 15.9 Å². The van der Waals surface area contributed by atoms with Gasteiger partial charge in [-0.1, -0.05) is 0 Å². The highest BCUT2D eigenvalue weighted by Crippen LogP contribution is 2.28. The highest BCUT2D eigenvalue weighted by molar-refractivity contribution is 9.10. The standard InChI is InChI=1S/C16H18BrN3O4/c1-9(2)24-13-5-4-10(6-14(13)23-3)15(21)19-20-16(22)12-7-11(17)8-18-12/h4-9,18H,1-3H3,(H,19,21)(H,20,22). The Morgan fingerprint density at radius 3 is 2.42 bits per heavy atom. The number of aromatic amines is 1. The number of halogens is 1. The molecule has 0 bridgehead atoms. The lowest BCUT2D eigenvalue weighted by Crippen LogP contribution is -2.41. The fraction of sp³-hybridized carbons (Fsp3) is 0.250. The summed E-state index contributed by atoms with van der Waals surface area (Å²) in [5, 5.41) is 0. The Morgan fingerprint density at radius 1 is 1.12 bits per heavy atom. The summed E-state index contributed by atoms with van der Waals surface area (Å²) in [6.45, 7) is 3.79. The summed E-state index contributed by atoms with van der Waals surface area (Å²) in [6, 6.07) is 6.39. The fourth-order valence-corrected chi connectivity index (χ4v) is 2.26. The molecule has 2 aromatic rings.